The maximum Gasteiger partial charge on any atom is 0.335 e. The Kier molecular flexibility index (Phi) is 2.28. The van der Waals surface area contributed by atoms with Crippen molar-refractivity contribution in [2.75, 3.05) is 0 Å². The lowest BCUT2D eigenvalue weighted by molar-refractivity contribution is 0.0696. The van der Waals surface area contributed by atoms with Gasteiger partial charge in [0.25, 0.3) is 0 Å². The minimum atomic E-state index is -0.811. The van der Waals surface area contributed by atoms with E-state index >= 15 is 0 Å². The average molecular weight is 190 g/mol. The van der Waals surface area contributed by atoms with Crippen molar-refractivity contribution in [1.29, 1.82) is 0 Å². The van der Waals surface area contributed by atoms with Gasteiger partial charge < -0.3 is 5.11 Å². The van der Waals surface area contributed by atoms with E-state index in [1.54, 1.807) is 0 Å². The summed E-state index contributed by atoms with van der Waals surface area (Å²) in [6, 6.07) is 3.66. The number of carbonyl (C=O) groups is 1. The molecule has 0 radical (unpaired) electrons. The van der Waals surface area contributed by atoms with Crippen LogP contribution in [0.1, 0.15) is 40.4 Å². The molecule has 74 valence electrons. The number of carboxylic acid groups (broad SMARTS) is 1. The Morgan fingerprint density at radius 1 is 1.43 bits per heavy atom. The van der Waals surface area contributed by atoms with Gasteiger partial charge in [0.05, 0.1) is 5.56 Å². The molecule has 0 unspecified atom stereocenters. The third-order valence-electron chi connectivity index (χ3n) is 2.94. The van der Waals surface area contributed by atoms with E-state index in [-0.39, 0.29) is 0 Å². The second-order valence-corrected chi connectivity index (χ2v) is 3.79. The van der Waals surface area contributed by atoms with Crippen molar-refractivity contribution >= 4 is 5.97 Å². The van der Waals surface area contributed by atoms with Crippen molar-refractivity contribution < 1.29 is 9.90 Å². The Bertz CT molecular complexity index is 380. The van der Waals surface area contributed by atoms with Gasteiger partial charge in [-0.25, -0.2) is 4.79 Å². The molecule has 0 atom stereocenters. The van der Waals surface area contributed by atoms with Gasteiger partial charge in [0.1, 0.15) is 0 Å². The fraction of sp³-hybridized carbons (Fsp3) is 0.417. The van der Waals surface area contributed by atoms with Crippen LogP contribution in [0, 0.1) is 0 Å². The first kappa shape index (κ1) is 9.25. The zero-order valence-electron chi connectivity index (χ0n) is 8.34. The summed E-state index contributed by atoms with van der Waals surface area (Å²) in [6.45, 7) is 2.08. The second-order valence-electron chi connectivity index (χ2n) is 3.79. The minimum Gasteiger partial charge on any atom is -0.478 e. The SMILES string of the molecule is CCc1cc(C(=O)O)cc2c1CCC2. The highest BCUT2D eigenvalue weighted by Crippen LogP contribution is 2.27. The van der Waals surface area contributed by atoms with Crippen molar-refractivity contribution in [1.82, 2.24) is 0 Å². The highest BCUT2D eigenvalue weighted by molar-refractivity contribution is 5.88. The molecular weight excluding hydrogens is 176 g/mol. The summed E-state index contributed by atoms with van der Waals surface area (Å²) >= 11 is 0. The van der Waals surface area contributed by atoms with Gasteiger partial charge in [-0.3, -0.25) is 0 Å². The first-order valence-corrected chi connectivity index (χ1v) is 5.10. The molecule has 1 aromatic carbocycles. The molecule has 1 aliphatic rings. The molecule has 0 bridgehead atoms. The van der Waals surface area contributed by atoms with Crippen LogP contribution in [-0.2, 0) is 19.3 Å². The molecule has 2 rings (SSSR count). The van der Waals surface area contributed by atoms with Gasteiger partial charge in [-0.15, -0.1) is 0 Å². The van der Waals surface area contributed by atoms with E-state index in [0.29, 0.717) is 5.56 Å². The van der Waals surface area contributed by atoms with Crippen molar-refractivity contribution in [3.63, 3.8) is 0 Å². The number of carboxylic acids is 1. The van der Waals surface area contributed by atoms with Gasteiger partial charge in [-0.05, 0) is 54.5 Å². The topological polar surface area (TPSA) is 37.3 Å². The van der Waals surface area contributed by atoms with E-state index in [9.17, 15) is 4.79 Å². The summed E-state index contributed by atoms with van der Waals surface area (Å²) in [5.74, 6) is -0.811. The smallest absolute Gasteiger partial charge is 0.335 e. The van der Waals surface area contributed by atoms with Crippen molar-refractivity contribution in [3.05, 3.63) is 34.4 Å². The molecule has 14 heavy (non-hydrogen) atoms. The monoisotopic (exact) mass is 190 g/mol. The summed E-state index contributed by atoms with van der Waals surface area (Å²) in [7, 11) is 0. The molecule has 1 aliphatic carbocycles. The minimum absolute atomic E-state index is 0.447. The van der Waals surface area contributed by atoms with Crippen LogP contribution in [0.3, 0.4) is 0 Å². The van der Waals surface area contributed by atoms with E-state index in [1.165, 1.54) is 23.1 Å². The third-order valence-corrected chi connectivity index (χ3v) is 2.94. The zero-order valence-corrected chi connectivity index (χ0v) is 8.34. The Balaban J connectivity index is 2.54. The Morgan fingerprint density at radius 3 is 2.86 bits per heavy atom. The molecule has 0 saturated heterocycles. The molecule has 0 aliphatic heterocycles. The van der Waals surface area contributed by atoms with Crippen LogP contribution >= 0.6 is 0 Å². The zero-order chi connectivity index (χ0) is 10.1. The van der Waals surface area contributed by atoms with Crippen molar-refractivity contribution in [2.24, 2.45) is 0 Å². The van der Waals surface area contributed by atoms with E-state index in [1.807, 2.05) is 12.1 Å². The highest BCUT2D eigenvalue weighted by atomic mass is 16.4. The molecule has 0 spiro atoms. The Labute approximate surface area is 83.6 Å². The summed E-state index contributed by atoms with van der Waals surface area (Å²) < 4.78 is 0. The van der Waals surface area contributed by atoms with Crippen LogP contribution in [0.15, 0.2) is 12.1 Å². The summed E-state index contributed by atoms with van der Waals surface area (Å²) in [5.41, 5.74) is 4.32. The molecule has 0 amide bonds. The quantitative estimate of drug-likeness (QED) is 0.777. The van der Waals surface area contributed by atoms with Crippen LogP contribution < -0.4 is 0 Å². The number of hydrogen-bond acceptors (Lipinski definition) is 1. The number of rotatable bonds is 2. The van der Waals surface area contributed by atoms with Crippen LogP contribution in [0.5, 0.6) is 0 Å². The van der Waals surface area contributed by atoms with Gasteiger partial charge in [-0.1, -0.05) is 6.92 Å². The largest absolute Gasteiger partial charge is 0.478 e. The first-order chi connectivity index (χ1) is 6.72. The van der Waals surface area contributed by atoms with Crippen LogP contribution in [0.25, 0.3) is 0 Å². The lowest BCUT2D eigenvalue weighted by Gasteiger charge is -2.07. The number of aryl methyl sites for hydroxylation is 2. The number of benzene rings is 1. The predicted molar refractivity (Wildman–Crippen MR) is 54.8 cm³/mol. The van der Waals surface area contributed by atoms with Gasteiger partial charge in [0.15, 0.2) is 0 Å². The Hall–Kier alpha value is -1.31. The number of aromatic carboxylic acids is 1. The molecule has 1 aromatic rings. The summed E-state index contributed by atoms with van der Waals surface area (Å²) in [6.07, 6.45) is 4.27. The van der Waals surface area contributed by atoms with Crippen LogP contribution in [-0.4, -0.2) is 11.1 Å². The molecular formula is C12H14O2. The highest BCUT2D eigenvalue weighted by Gasteiger charge is 2.17. The molecule has 0 aromatic heterocycles. The van der Waals surface area contributed by atoms with Gasteiger partial charge in [0.2, 0.25) is 0 Å². The van der Waals surface area contributed by atoms with Gasteiger partial charge in [-0.2, -0.15) is 0 Å². The lowest BCUT2D eigenvalue weighted by atomic mass is 9.98. The second kappa shape index (κ2) is 3.45. The van der Waals surface area contributed by atoms with E-state index in [2.05, 4.69) is 6.92 Å². The van der Waals surface area contributed by atoms with Crippen molar-refractivity contribution in [2.45, 2.75) is 32.6 Å². The lowest BCUT2D eigenvalue weighted by Crippen LogP contribution is -2.01. The van der Waals surface area contributed by atoms with E-state index in [4.69, 9.17) is 5.11 Å². The number of fused-ring (bicyclic) bond motifs is 1. The van der Waals surface area contributed by atoms with Crippen LogP contribution in [0.4, 0.5) is 0 Å². The predicted octanol–water partition coefficient (Wildman–Crippen LogP) is 2.44. The molecule has 0 saturated carbocycles. The summed E-state index contributed by atoms with van der Waals surface area (Å²) in [4.78, 5) is 10.9. The summed E-state index contributed by atoms with van der Waals surface area (Å²) in [5, 5.41) is 8.94. The first-order valence-electron chi connectivity index (χ1n) is 5.10. The maximum absolute atomic E-state index is 10.9. The van der Waals surface area contributed by atoms with Gasteiger partial charge >= 0.3 is 5.97 Å². The van der Waals surface area contributed by atoms with E-state index < -0.39 is 5.97 Å². The Morgan fingerprint density at radius 2 is 2.21 bits per heavy atom. The third kappa shape index (κ3) is 1.41. The molecule has 2 heteroatoms. The molecule has 0 heterocycles. The van der Waals surface area contributed by atoms with Crippen LogP contribution in [0.2, 0.25) is 0 Å². The van der Waals surface area contributed by atoms with Gasteiger partial charge in [0, 0.05) is 0 Å². The molecule has 2 nitrogen and oxygen atoms in total. The fourth-order valence-electron chi connectivity index (χ4n) is 2.24. The van der Waals surface area contributed by atoms with E-state index in [0.717, 1.165) is 19.3 Å². The fourth-order valence-corrected chi connectivity index (χ4v) is 2.24. The average Bonchev–Trinajstić information content (AvgIpc) is 2.63. The standard InChI is InChI=1S/C12H14O2/c1-2-8-6-10(12(13)14)7-9-4-3-5-11(8)9/h6-7H,2-5H2,1H3,(H,13,14). The number of hydrogen-bond donors (Lipinski definition) is 1. The molecule has 1 N–H and O–H groups in total. The van der Waals surface area contributed by atoms with Crippen molar-refractivity contribution in [3.8, 4) is 0 Å². The normalized spacial score (nSPS) is 14.1. The molecule has 0 fully saturated rings. The maximum atomic E-state index is 10.9.